The number of hydrogen-bond donors (Lipinski definition) is 1. The average molecular weight is 377 g/mol. The van der Waals surface area contributed by atoms with Crippen molar-refractivity contribution in [1.82, 2.24) is 0 Å². The minimum Gasteiger partial charge on any atom is 0.316 e. The van der Waals surface area contributed by atoms with Crippen LogP contribution in [0.4, 0.5) is 0 Å². The van der Waals surface area contributed by atoms with E-state index in [1.54, 1.807) is 0 Å². The van der Waals surface area contributed by atoms with Crippen molar-refractivity contribution in [2.75, 3.05) is 0 Å². The Labute approximate surface area is 209 Å². The molecule has 0 aromatic heterocycles. The maximum absolute atomic E-state index is 10.5. The number of carboxylic acids is 1. The quantitative estimate of drug-likeness (QED) is 0.367. The van der Waals surface area contributed by atoms with Gasteiger partial charge in [-0.15, -0.1) is 0 Å². The Balaban J connectivity index is -0.00000220. The molecule has 0 aliphatic heterocycles. The molecule has 0 rings (SSSR count). The Hall–Kier alpha value is 1.61. The molecule has 2 nitrogen and oxygen atoms in total. The molecule has 0 bridgehead atoms. The molecule has 0 amide bonds. The van der Waals surface area contributed by atoms with Gasteiger partial charge in [-0.1, -0.05) is 78.2 Å². The normalized spacial score (nSPS) is 13.8. The third-order valence-corrected chi connectivity index (χ3v) is 4.51. The molecule has 0 aliphatic rings. The summed E-state index contributed by atoms with van der Waals surface area (Å²) in [6.07, 6.45) is 12.7. The number of aliphatic carboxylic acids is 1. The monoisotopic (exact) mass is 376 g/mol. The molecule has 0 heterocycles. The Bertz CT molecular complexity index is 330. The van der Waals surface area contributed by atoms with Gasteiger partial charge in [0, 0.05) is 6.08 Å². The van der Waals surface area contributed by atoms with Gasteiger partial charge in [0.15, 0.2) is 0 Å². The maximum atomic E-state index is 10.5. The van der Waals surface area contributed by atoms with Crippen LogP contribution in [0.3, 0.4) is 0 Å². The smallest absolute Gasteiger partial charge is 0.316 e. The van der Waals surface area contributed by atoms with Crippen molar-refractivity contribution in [2.45, 2.75) is 92.4 Å². The van der Waals surface area contributed by atoms with E-state index < -0.39 is 5.97 Å². The van der Waals surface area contributed by atoms with Crippen LogP contribution < -0.4 is 0 Å². The van der Waals surface area contributed by atoms with Gasteiger partial charge in [-0.25, -0.2) is 4.79 Å². The van der Waals surface area contributed by atoms with E-state index in [4.69, 9.17) is 5.11 Å². The molecule has 136 valence electrons. The Morgan fingerprint density at radius 3 is 1.71 bits per heavy atom. The van der Waals surface area contributed by atoms with E-state index in [9.17, 15) is 4.79 Å². The van der Waals surface area contributed by atoms with Crippen LogP contribution in [0, 0.1) is 17.8 Å². The summed E-state index contributed by atoms with van der Waals surface area (Å²) in [5.74, 6) is 1.65. The van der Waals surface area contributed by atoms with Gasteiger partial charge < -0.3 is 5.11 Å². The van der Waals surface area contributed by atoms with Crippen molar-refractivity contribution in [1.29, 1.82) is 0 Å². The van der Waals surface area contributed by atoms with E-state index >= 15 is 0 Å². The van der Waals surface area contributed by atoms with Crippen LogP contribution in [-0.4, -0.2) is 85.5 Å². The molecule has 24 heavy (non-hydrogen) atoms. The van der Waals surface area contributed by atoms with Gasteiger partial charge in [0.25, 0.3) is 0 Å². The molecule has 0 aromatic rings. The molecule has 1 N–H and O–H groups in total. The zero-order valence-corrected chi connectivity index (χ0v) is 15.5. The van der Waals surface area contributed by atoms with Crippen molar-refractivity contribution in [3.8, 4) is 0 Å². The number of carboxylic acid groups (broad SMARTS) is 1. The molecule has 0 saturated heterocycles. The Morgan fingerprint density at radius 2 is 1.29 bits per heavy atom. The second kappa shape index (κ2) is 19.4. The van der Waals surface area contributed by atoms with Crippen molar-refractivity contribution in [2.24, 2.45) is 17.8 Å². The minimum absolute atomic E-state index is 0. The van der Waals surface area contributed by atoms with Crippen molar-refractivity contribution >= 4 is 80.4 Å². The first kappa shape index (κ1) is 30.3. The molecule has 0 unspecified atom stereocenters. The molecular weight excluding hydrogens is 336 g/mol. The Kier molecular flexibility index (Phi) is 24.5. The Morgan fingerprint density at radius 1 is 0.875 bits per heavy atom. The van der Waals surface area contributed by atoms with Gasteiger partial charge in [-0.3, -0.25) is 0 Å². The van der Waals surface area contributed by atoms with Crippen molar-refractivity contribution in [3.05, 3.63) is 11.6 Å². The zero-order chi connectivity index (χ0) is 17.0. The summed E-state index contributed by atoms with van der Waals surface area (Å²) in [5.41, 5.74) is 0.985. The number of hydrogen-bond acceptors (Lipinski definition) is 1. The summed E-state index contributed by atoms with van der Waals surface area (Å²) >= 11 is 0. The van der Waals surface area contributed by atoms with Gasteiger partial charge in [-0.05, 0) is 37.5 Å². The summed E-state index contributed by atoms with van der Waals surface area (Å²) in [6, 6.07) is 0. The van der Waals surface area contributed by atoms with Crippen LogP contribution in [0.2, 0.25) is 0 Å². The molecule has 0 radical (unpaired) electrons. The summed E-state index contributed by atoms with van der Waals surface area (Å²) in [7, 11) is 0. The maximum Gasteiger partial charge on any atom is 0.316 e. The van der Waals surface area contributed by atoms with Crippen LogP contribution in [0.15, 0.2) is 11.6 Å². The summed E-state index contributed by atoms with van der Waals surface area (Å²) in [4.78, 5) is 10.5. The first-order valence-electron chi connectivity index (χ1n) is 9.21. The first-order chi connectivity index (χ1) is 10.3. The van der Waals surface area contributed by atoms with Gasteiger partial charge in [0.05, 0.1) is 0 Å². The number of allylic oxidation sites excluding steroid dienone is 1. The molecule has 0 aromatic carbocycles. The van der Waals surface area contributed by atoms with E-state index in [1.807, 2.05) is 6.92 Å². The van der Waals surface area contributed by atoms with E-state index in [-0.39, 0.29) is 74.4 Å². The second-order valence-corrected chi connectivity index (χ2v) is 7.69. The fraction of sp³-hybridized carbons (Fsp3) is 0.850. The predicted molar refractivity (Wildman–Crippen MR) is 112 cm³/mol. The van der Waals surface area contributed by atoms with Crippen LogP contribution in [0.1, 0.15) is 92.4 Å². The number of carbonyl (C=O) groups is 1. The van der Waals surface area contributed by atoms with Crippen molar-refractivity contribution in [3.63, 3.8) is 0 Å². The third-order valence-electron chi connectivity index (χ3n) is 4.51. The minimum atomic E-state index is -0.822. The molecule has 0 fully saturated rings. The standard InChI is InChI=1S/C20H38O2.K.Mg.3H/c1-16(2)9-6-10-17(3)11-7-12-18(4)13-8-14-19(5)15-20(21)22;;;;;/h15-18H,6-14H2,1-5H3,(H,21,22);;;;;/b19-15+;;;;;/t17-,18-;;;;;/m1...../s1. The van der Waals surface area contributed by atoms with Crippen LogP contribution >= 0.6 is 0 Å². The van der Waals surface area contributed by atoms with E-state index in [1.165, 1.54) is 51.0 Å². The average Bonchev–Trinajstić information content (AvgIpc) is 2.37. The van der Waals surface area contributed by atoms with Crippen LogP contribution in [0.25, 0.3) is 0 Å². The van der Waals surface area contributed by atoms with Crippen LogP contribution in [0.5, 0.6) is 0 Å². The first-order valence-corrected chi connectivity index (χ1v) is 9.21. The molecule has 0 spiro atoms. The van der Waals surface area contributed by atoms with Crippen LogP contribution in [-0.2, 0) is 4.79 Å². The topological polar surface area (TPSA) is 37.3 Å². The SMILES string of the molecule is C/C(=C\C(=O)O)CCC[C@H](C)CCC[C@H](C)CCCC(C)C.[KH].[MgH2]. The molecular formula is C20H41KMgO2. The third kappa shape index (κ3) is 21.7. The van der Waals surface area contributed by atoms with Gasteiger partial charge in [-0.2, -0.15) is 0 Å². The van der Waals surface area contributed by atoms with Gasteiger partial charge in [0.2, 0.25) is 0 Å². The summed E-state index contributed by atoms with van der Waals surface area (Å²) < 4.78 is 0. The van der Waals surface area contributed by atoms with E-state index in [0.717, 1.165) is 36.2 Å². The summed E-state index contributed by atoms with van der Waals surface area (Å²) in [6.45, 7) is 11.3. The zero-order valence-electron chi connectivity index (χ0n) is 15.5. The fourth-order valence-corrected chi connectivity index (χ4v) is 2.99. The van der Waals surface area contributed by atoms with Gasteiger partial charge >= 0.3 is 80.4 Å². The number of rotatable bonds is 13. The van der Waals surface area contributed by atoms with E-state index in [0.29, 0.717) is 0 Å². The predicted octanol–water partition coefficient (Wildman–Crippen LogP) is 4.89. The molecule has 2 atom stereocenters. The van der Waals surface area contributed by atoms with E-state index in [2.05, 4.69) is 27.7 Å². The van der Waals surface area contributed by atoms with Crippen molar-refractivity contribution < 1.29 is 9.90 Å². The summed E-state index contributed by atoms with van der Waals surface area (Å²) in [5, 5.41) is 8.68. The molecule has 0 saturated carbocycles. The second-order valence-electron chi connectivity index (χ2n) is 7.69. The molecule has 4 heteroatoms. The largest absolute Gasteiger partial charge is 0.316 e. The molecule has 0 aliphatic carbocycles. The van der Waals surface area contributed by atoms with Gasteiger partial charge in [0.1, 0.15) is 0 Å². The fourth-order valence-electron chi connectivity index (χ4n) is 2.99.